The molecule has 0 aliphatic carbocycles. The van der Waals surface area contributed by atoms with Gasteiger partial charge in [-0.2, -0.15) is 0 Å². The lowest BCUT2D eigenvalue weighted by atomic mass is 10.1. The van der Waals surface area contributed by atoms with E-state index in [9.17, 15) is 4.79 Å². The molecule has 110 valence electrons. The molecule has 2 aromatic rings. The number of amides is 2. The van der Waals surface area contributed by atoms with Gasteiger partial charge in [0.15, 0.2) is 0 Å². The number of hydrogen-bond acceptors (Lipinski definition) is 2. The predicted molar refractivity (Wildman–Crippen MR) is 86.1 cm³/mol. The second-order valence-corrected chi connectivity index (χ2v) is 5.20. The molecule has 2 rings (SSSR count). The summed E-state index contributed by atoms with van der Waals surface area (Å²) in [4.78, 5) is 10.8. The minimum absolute atomic E-state index is 0.230. The highest BCUT2D eigenvalue weighted by Crippen LogP contribution is 2.16. The Morgan fingerprint density at radius 3 is 2.29 bits per heavy atom. The molecule has 0 spiro atoms. The summed E-state index contributed by atoms with van der Waals surface area (Å²) < 4.78 is 0. The number of rotatable bonds is 5. The number of benzene rings is 2. The van der Waals surface area contributed by atoms with Crippen molar-refractivity contribution in [3.63, 3.8) is 0 Å². The van der Waals surface area contributed by atoms with Gasteiger partial charge in [0.25, 0.3) is 0 Å². The lowest BCUT2D eigenvalue weighted by Gasteiger charge is -2.15. The molecule has 21 heavy (non-hydrogen) atoms. The van der Waals surface area contributed by atoms with Crippen LogP contribution in [0.4, 0.5) is 10.5 Å². The Morgan fingerprint density at radius 2 is 1.71 bits per heavy atom. The van der Waals surface area contributed by atoms with Crippen LogP contribution >= 0.6 is 0 Å². The van der Waals surface area contributed by atoms with Crippen molar-refractivity contribution in [1.82, 2.24) is 5.32 Å². The van der Waals surface area contributed by atoms with Crippen molar-refractivity contribution in [3.05, 3.63) is 65.2 Å². The number of carbonyl (C=O) groups is 1. The first kappa shape index (κ1) is 15.1. The van der Waals surface area contributed by atoms with Crippen molar-refractivity contribution in [3.8, 4) is 0 Å². The highest BCUT2D eigenvalue weighted by Gasteiger charge is 2.05. The van der Waals surface area contributed by atoms with Crippen LogP contribution in [-0.2, 0) is 6.54 Å². The number of aryl methyl sites for hydroxylation is 1. The van der Waals surface area contributed by atoms with E-state index >= 15 is 0 Å². The van der Waals surface area contributed by atoms with Gasteiger partial charge in [0.05, 0.1) is 0 Å². The monoisotopic (exact) mass is 283 g/mol. The van der Waals surface area contributed by atoms with E-state index < -0.39 is 6.03 Å². The topological polar surface area (TPSA) is 67.2 Å². The summed E-state index contributed by atoms with van der Waals surface area (Å²) in [5, 5.41) is 6.04. The molecule has 4 heteroatoms. The molecule has 0 aliphatic heterocycles. The summed E-state index contributed by atoms with van der Waals surface area (Å²) in [6.07, 6.45) is 0. The maximum Gasteiger partial charge on any atom is 0.316 e. The van der Waals surface area contributed by atoms with Crippen molar-refractivity contribution < 1.29 is 4.79 Å². The molecule has 0 heterocycles. The average molecular weight is 283 g/mol. The zero-order valence-corrected chi connectivity index (χ0v) is 12.4. The van der Waals surface area contributed by atoms with Crippen LogP contribution in [0.3, 0.4) is 0 Å². The molecule has 2 aromatic carbocycles. The van der Waals surface area contributed by atoms with Gasteiger partial charge in [-0.3, -0.25) is 0 Å². The Morgan fingerprint density at radius 1 is 1.10 bits per heavy atom. The highest BCUT2D eigenvalue weighted by molar-refractivity contribution is 5.87. The predicted octanol–water partition coefficient (Wildman–Crippen LogP) is 3.34. The number of urea groups is 1. The zero-order valence-electron chi connectivity index (χ0n) is 12.4. The molecule has 0 saturated carbocycles. The van der Waals surface area contributed by atoms with Crippen LogP contribution in [0, 0.1) is 6.92 Å². The summed E-state index contributed by atoms with van der Waals surface area (Å²) in [5.41, 5.74) is 9.48. The maximum absolute atomic E-state index is 10.8. The van der Waals surface area contributed by atoms with Crippen molar-refractivity contribution in [1.29, 1.82) is 0 Å². The number of nitrogens with one attached hydrogen (secondary N) is 2. The first-order valence-electron chi connectivity index (χ1n) is 7.00. The van der Waals surface area contributed by atoms with Gasteiger partial charge in [0, 0.05) is 18.3 Å². The Kier molecular flexibility index (Phi) is 4.95. The summed E-state index contributed by atoms with van der Waals surface area (Å²) in [5.74, 6) is 0. The van der Waals surface area contributed by atoms with Gasteiger partial charge in [0.2, 0.25) is 0 Å². The van der Waals surface area contributed by atoms with Crippen LogP contribution in [0.2, 0.25) is 0 Å². The minimum atomic E-state index is -0.548. The molecule has 0 aromatic heterocycles. The normalized spacial score (nSPS) is 11.9. The van der Waals surface area contributed by atoms with Crippen molar-refractivity contribution >= 4 is 11.7 Å². The second-order valence-electron chi connectivity index (χ2n) is 5.20. The number of nitrogens with two attached hydrogens (primary N) is 1. The third-order valence-corrected chi connectivity index (χ3v) is 3.41. The molecule has 2 amide bonds. The molecular weight excluding hydrogens is 262 g/mol. The van der Waals surface area contributed by atoms with Gasteiger partial charge in [-0.05, 0) is 37.1 Å². The van der Waals surface area contributed by atoms with E-state index in [0.29, 0.717) is 5.69 Å². The van der Waals surface area contributed by atoms with Gasteiger partial charge < -0.3 is 16.4 Å². The fourth-order valence-electron chi connectivity index (χ4n) is 2.09. The standard InChI is InChI=1S/C17H21N3O/c1-12-3-5-14(6-4-12)11-19-13(2)15-7-9-16(10-8-15)20-17(18)21/h3-10,13,19H,11H2,1-2H3,(H3,18,20,21). The molecule has 1 atom stereocenters. The highest BCUT2D eigenvalue weighted by atomic mass is 16.2. The second kappa shape index (κ2) is 6.90. The molecule has 0 fully saturated rings. The summed E-state index contributed by atoms with van der Waals surface area (Å²) >= 11 is 0. The van der Waals surface area contributed by atoms with Crippen molar-refractivity contribution in [2.24, 2.45) is 5.73 Å². The first-order chi connectivity index (χ1) is 10.0. The third kappa shape index (κ3) is 4.61. The Labute approximate surface area is 125 Å². The molecule has 4 N–H and O–H groups in total. The fraction of sp³-hybridized carbons (Fsp3) is 0.235. The van der Waals surface area contributed by atoms with Crippen molar-refractivity contribution in [2.45, 2.75) is 26.4 Å². The van der Waals surface area contributed by atoms with Gasteiger partial charge >= 0.3 is 6.03 Å². The lowest BCUT2D eigenvalue weighted by molar-refractivity contribution is 0.259. The summed E-state index contributed by atoms with van der Waals surface area (Å²) in [6, 6.07) is 15.9. The van der Waals surface area contributed by atoms with Crippen LogP contribution in [0.25, 0.3) is 0 Å². The van der Waals surface area contributed by atoms with Crippen LogP contribution in [-0.4, -0.2) is 6.03 Å². The van der Waals surface area contributed by atoms with E-state index in [1.54, 1.807) is 0 Å². The number of primary amides is 1. The Balaban J connectivity index is 1.92. The van der Waals surface area contributed by atoms with E-state index in [1.807, 2.05) is 24.3 Å². The quantitative estimate of drug-likeness (QED) is 0.788. The molecule has 4 nitrogen and oxygen atoms in total. The van der Waals surface area contributed by atoms with E-state index in [0.717, 1.165) is 12.1 Å². The van der Waals surface area contributed by atoms with Crippen LogP contribution in [0.5, 0.6) is 0 Å². The van der Waals surface area contributed by atoms with Crippen LogP contribution in [0.15, 0.2) is 48.5 Å². The molecule has 0 saturated heterocycles. The SMILES string of the molecule is Cc1ccc(CNC(C)c2ccc(NC(N)=O)cc2)cc1. The van der Waals surface area contributed by atoms with Gasteiger partial charge in [-0.1, -0.05) is 42.0 Å². The van der Waals surface area contributed by atoms with Gasteiger partial charge in [0.1, 0.15) is 0 Å². The van der Waals surface area contributed by atoms with Crippen molar-refractivity contribution in [2.75, 3.05) is 5.32 Å². The van der Waals surface area contributed by atoms with Gasteiger partial charge in [-0.25, -0.2) is 4.79 Å². The molecule has 0 aliphatic rings. The van der Waals surface area contributed by atoms with E-state index in [4.69, 9.17) is 5.73 Å². The molecule has 0 bridgehead atoms. The van der Waals surface area contributed by atoms with Crippen LogP contribution < -0.4 is 16.4 Å². The maximum atomic E-state index is 10.8. The lowest BCUT2D eigenvalue weighted by Crippen LogP contribution is -2.20. The van der Waals surface area contributed by atoms with E-state index in [-0.39, 0.29) is 6.04 Å². The molecule has 0 radical (unpaired) electrons. The summed E-state index contributed by atoms with van der Waals surface area (Å²) in [6.45, 7) is 5.02. The molecule has 1 unspecified atom stereocenters. The number of hydrogen-bond donors (Lipinski definition) is 3. The smallest absolute Gasteiger partial charge is 0.316 e. The number of carbonyl (C=O) groups excluding carboxylic acids is 1. The van der Waals surface area contributed by atoms with E-state index in [1.165, 1.54) is 11.1 Å². The summed E-state index contributed by atoms with van der Waals surface area (Å²) in [7, 11) is 0. The fourth-order valence-corrected chi connectivity index (χ4v) is 2.09. The largest absolute Gasteiger partial charge is 0.351 e. The Hall–Kier alpha value is -2.33. The zero-order chi connectivity index (χ0) is 15.2. The van der Waals surface area contributed by atoms with Crippen LogP contribution in [0.1, 0.15) is 29.7 Å². The average Bonchev–Trinajstić information content (AvgIpc) is 2.46. The van der Waals surface area contributed by atoms with Gasteiger partial charge in [-0.15, -0.1) is 0 Å². The first-order valence-corrected chi connectivity index (χ1v) is 7.00. The minimum Gasteiger partial charge on any atom is -0.351 e. The van der Waals surface area contributed by atoms with E-state index in [2.05, 4.69) is 48.7 Å². The number of anilines is 1. The third-order valence-electron chi connectivity index (χ3n) is 3.41. The molecular formula is C17H21N3O. The Bertz CT molecular complexity index is 590.